The number of allylic oxidation sites excluding steroid dienone is 3. The first kappa shape index (κ1) is 11.9. The van der Waals surface area contributed by atoms with Gasteiger partial charge in [-0.05, 0) is 44.9 Å². The van der Waals surface area contributed by atoms with Crippen LogP contribution in [-0.4, -0.2) is 11.2 Å². The van der Waals surface area contributed by atoms with Gasteiger partial charge in [-0.1, -0.05) is 36.6 Å². The lowest BCUT2D eigenvalue weighted by Crippen LogP contribution is -2.37. The zero-order valence-electron chi connectivity index (χ0n) is 11.0. The Morgan fingerprint density at radius 2 is 1.94 bits per heavy atom. The van der Waals surface area contributed by atoms with Crippen molar-refractivity contribution in [1.29, 1.82) is 0 Å². The molecule has 1 nitrogen and oxygen atoms in total. The molecule has 2 rings (SSSR count). The summed E-state index contributed by atoms with van der Waals surface area (Å²) in [4.78, 5) is 0. The van der Waals surface area contributed by atoms with Crippen LogP contribution in [0.3, 0.4) is 0 Å². The van der Waals surface area contributed by atoms with Gasteiger partial charge in [0, 0.05) is 5.92 Å². The summed E-state index contributed by atoms with van der Waals surface area (Å²) in [5.74, 6) is 1.50. The molecule has 0 aromatic carbocycles. The first-order valence-electron chi connectivity index (χ1n) is 6.54. The summed E-state index contributed by atoms with van der Waals surface area (Å²) >= 11 is 0. The molecule has 0 aromatic rings. The van der Waals surface area contributed by atoms with E-state index in [1.807, 2.05) is 0 Å². The van der Waals surface area contributed by atoms with E-state index in [1.54, 1.807) is 5.57 Å². The Morgan fingerprint density at radius 1 is 1.25 bits per heavy atom. The third-order valence-corrected chi connectivity index (χ3v) is 4.35. The molecule has 0 saturated carbocycles. The molecule has 0 aromatic heterocycles. The minimum Gasteiger partial charge on any atom is -0.392 e. The summed E-state index contributed by atoms with van der Waals surface area (Å²) in [6.07, 6.45) is 5.59. The van der Waals surface area contributed by atoms with E-state index in [0.717, 1.165) is 6.42 Å². The van der Waals surface area contributed by atoms with Crippen molar-refractivity contribution in [3.63, 3.8) is 0 Å². The minimum absolute atomic E-state index is 0.143. The Balaban J connectivity index is 2.39. The molecule has 0 saturated heterocycles. The van der Waals surface area contributed by atoms with Gasteiger partial charge in [0.05, 0.1) is 6.10 Å². The van der Waals surface area contributed by atoms with Gasteiger partial charge < -0.3 is 5.11 Å². The van der Waals surface area contributed by atoms with Crippen molar-refractivity contribution in [2.45, 2.75) is 53.1 Å². The lowest BCUT2D eigenvalue weighted by molar-refractivity contribution is 0.0531. The molecule has 0 aliphatic heterocycles. The average Bonchev–Trinajstić information content (AvgIpc) is 2.15. The molecule has 0 bridgehead atoms. The normalized spacial score (nSPS) is 35.1. The van der Waals surface area contributed by atoms with Gasteiger partial charge in [0.1, 0.15) is 0 Å². The first-order chi connectivity index (χ1) is 7.50. The maximum absolute atomic E-state index is 10.3. The van der Waals surface area contributed by atoms with Crippen molar-refractivity contribution in [1.82, 2.24) is 0 Å². The van der Waals surface area contributed by atoms with Crippen LogP contribution < -0.4 is 0 Å². The highest BCUT2D eigenvalue weighted by Gasteiger charge is 2.37. The van der Waals surface area contributed by atoms with Crippen molar-refractivity contribution >= 4 is 0 Å². The number of rotatable bonds is 1. The van der Waals surface area contributed by atoms with Crippen molar-refractivity contribution < 1.29 is 5.11 Å². The van der Waals surface area contributed by atoms with E-state index in [9.17, 15) is 5.11 Å². The smallest absolute Gasteiger partial charge is 0.0616 e. The predicted octanol–water partition coefficient (Wildman–Crippen LogP) is 3.70. The van der Waals surface area contributed by atoms with Gasteiger partial charge in [-0.2, -0.15) is 0 Å². The zero-order chi connectivity index (χ0) is 11.9. The molecule has 2 aliphatic rings. The maximum Gasteiger partial charge on any atom is 0.0616 e. The van der Waals surface area contributed by atoms with Crippen LogP contribution >= 0.6 is 0 Å². The lowest BCUT2D eigenvalue weighted by Gasteiger charge is -2.41. The molecular formula is C15H24O. The quantitative estimate of drug-likeness (QED) is 0.668. The molecule has 0 heterocycles. The number of hydrogen-bond acceptors (Lipinski definition) is 1. The monoisotopic (exact) mass is 220 g/mol. The minimum atomic E-state index is -0.143. The Kier molecular flexibility index (Phi) is 3.25. The van der Waals surface area contributed by atoms with Crippen LogP contribution in [0.25, 0.3) is 0 Å². The predicted molar refractivity (Wildman–Crippen MR) is 68.1 cm³/mol. The van der Waals surface area contributed by atoms with Gasteiger partial charge in [-0.25, -0.2) is 0 Å². The standard InChI is InChI=1S/C15H24O/c1-9(2)15-13-7-10(3)5-6-12(13)11(4)8-14(15)16/h7,9,13-16H,5-6,8H2,1-4H3/t13?,14-,15?/m1/s1. The van der Waals surface area contributed by atoms with Crippen LogP contribution in [0.15, 0.2) is 22.8 Å². The largest absolute Gasteiger partial charge is 0.392 e. The highest BCUT2D eigenvalue weighted by molar-refractivity contribution is 5.31. The van der Waals surface area contributed by atoms with E-state index in [2.05, 4.69) is 33.8 Å². The summed E-state index contributed by atoms with van der Waals surface area (Å²) < 4.78 is 0. The van der Waals surface area contributed by atoms with Gasteiger partial charge in [0.2, 0.25) is 0 Å². The van der Waals surface area contributed by atoms with E-state index < -0.39 is 0 Å². The molecule has 1 N–H and O–H groups in total. The molecular weight excluding hydrogens is 196 g/mol. The second-order valence-electron chi connectivity index (χ2n) is 5.94. The van der Waals surface area contributed by atoms with Crippen LogP contribution in [0.2, 0.25) is 0 Å². The van der Waals surface area contributed by atoms with Gasteiger partial charge in [0.25, 0.3) is 0 Å². The topological polar surface area (TPSA) is 20.2 Å². The summed E-state index contributed by atoms with van der Waals surface area (Å²) in [5, 5.41) is 10.3. The number of hydrogen-bond donors (Lipinski definition) is 1. The van der Waals surface area contributed by atoms with Gasteiger partial charge in [-0.3, -0.25) is 0 Å². The summed E-state index contributed by atoms with van der Waals surface area (Å²) in [7, 11) is 0. The molecule has 0 radical (unpaired) electrons. The fourth-order valence-electron chi connectivity index (χ4n) is 3.51. The van der Waals surface area contributed by atoms with E-state index in [1.165, 1.54) is 24.0 Å². The molecule has 0 amide bonds. The van der Waals surface area contributed by atoms with Crippen LogP contribution in [0, 0.1) is 17.8 Å². The number of aliphatic hydroxyl groups excluding tert-OH is 1. The Morgan fingerprint density at radius 3 is 2.56 bits per heavy atom. The van der Waals surface area contributed by atoms with Crippen LogP contribution in [0.1, 0.15) is 47.0 Å². The summed E-state index contributed by atoms with van der Waals surface area (Å²) in [6.45, 7) is 8.91. The molecule has 2 aliphatic carbocycles. The molecule has 0 spiro atoms. The molecule has 1 heteroatoms. The highest BCUT2D eigenvalue weighted by Crippen LogP contribution is 2.44. The summed E-state index contributed by atoms with van der Waals surface area (Å²) in [6, 6.07) is 0. The average molecular weight is 220 g/mol. The fraction of sp³-hybridized carbons (Fsp3) is 0.733. The van der Waals surface area contributed by atoms with E-state index in [0.29, 0.717) is 17.8 Å². The Labute approximate surface area is 99.3 Å². The second-order valence-corrected chi connectivity index (χ2v) is 5.94. The Bertz CT molecular complexity index is 335. The van der Waals surface area contributed by atoms with Gasteiger partial charge >= 0.3 is 0 Å². The third kappa shape index (κ3) is 1.98. The van der Waals surface area contributed by atoms with E-state index >= 15 is 0 Å². The first-order valence-corrected chi connectivity index (χ1v) is 6.54. The fourth-order valence-corrected chi connectivity index (χ4v) is 3.51. The second kappa shape index (κ2) is 4.37. The molecule has 90 valence electrons. The zero-order valence-corrected chi connectivity index (χ0v) is 11.0. The SMILES string of the molecule is CC1=CC2C(=C(C)C[C@@H](O)C2C(C)C)CC1. The highest BCUT2D eigenvalue weighted by atomic mass is 16.3. The maximum atomic E-state index is 10.3. The number of fused-ring (bicyclic) bond motifs is 1. The molecule has 3 atom stereocenters. The van der Waals surface area contributed by atoms with Gasteiger partial charge in [0.15, 0.2) is 0 Å². The summed E-state index contributed by atoms with van der Waals surface area (Å²) in [5.41, 5.74) is 4.56. The molecule has 16 heavy (non-hydrogen) atoms. The van der Waals surface area contributed by atoms with Crippen molar-refractivity contribution in [3.8, 4) is 0 Å². The lowest BCUT2D eigenvalue weighted by atomic mass is 9.65. The van der Waals surface area contributed by atoms with E-state index in [-0.39, 0.29) is 6.10 Å². The van der Waals surface area contributed by atoms with Crippen LogP contribution in [0.4, 0.5) is 0 Å². The van der Waals surface area contributed by atoms with E-state index in [4.69, 9.17) is 0 Å². The Hall–Kier alpha value is -0.560. The number of aliphatic hydroxyl groups is 1. The van der Waals surface area contributed by atoms with Gasteiger partial charge in [-0.15, -0.1) is 0 Å². The third-order valence-electron chi connectivity index (χ3n) is 4.35. The van der Waals surface area contributed by atoms with Crippen molar-refractivity contribution in [3.05, 3.63) is 22.8 Å². The van der Waals surface area contributed by atoms with Crippen LogP contribution in [0.5, 0.6) is 0 Å². The van der Waals surface area contributed by atoms with Crippen LogP contribution in [-0.2, 0) is 0 Å². The molecule has 0 fully saturated rings. The van der Waals surface area contributed by atoms with Crippen molar-refractivity contribution in [2.75, 3.05) is 0 Å². The van der Waals surface area contributed by atoms with Crippen molar-refractivity contribution in [2.24, 2.45) is 17.8 Å². The molecule has 2 unspecified atom stereocenters.